The minimum Gasteiger partial charge on any atom is -0.456 e. The lowest BCUT2D eigenvalue weighted by atomic mass is 9.53. The van der Waals surface area contributed by atoms with Crippen LogP contribution in [0, 0.1) is 0 Å². The fourth-order valence-corrected chi connectivity index (χ4v) is 14.1. The predicted molar refractivity (Wildman–Crippen MR) is 311 cm³/mol. The van der Waals surface area contributed by atoms with Crippen molar-refractivity contribution in [2.75, 3.05) is 9.62 Å². The summed E-state index contributed by atoms with van der Waals surface area (Å²) in [6, 6.07) is 83.5. The van der Waals surface area contributed by atoms with Crippen molar-refractivity contribution in [2.45, 2.75) is 25.7 Å². The summed E-state index contributed by atoms with van der Waals surface area (Å²) in [4.78, 5) is 5.42. The molecule has 0 saturated heterocycles. The molecule has 0 atom stereocenters. The first kappa shape index (κ1) is 41.2. The molecule has 0 radical (unpaired) electrons. The van der Waals surface area contributed by atoms with Gasteiger partial charge in [-0.3, -0.25) is 0 Å². The zero-order valence-corrected chi connectivity index (χ0v) is 41.4. The van der Waals surface area contributed by atoms with E-state index in [-0.39, 0.29) is 12.4 Å². The molecule has 4 aliphatic rings. The molecule has 0 bridgehead atoms. The number of nitrogens with zero attached hydrogens (tertiary/aromatic N) is 2. The zero-order chi connectivity index (χ0) is 49.3. The van der Waals surface area contributed by atoms with Crippen LogP contribution in [0.5, 0.6) is 0 Å². The summed E-state index contributed by atoms with van der Waals surface area (Å²) < 4.78 is 13.0. The van der Waals surface area contributed by atoms with E-state index >= 15 is 0 Å². The minimum absolute atomic E-state index is 0.193. The Morgan fingerprint density at radius 1 is 0.360 bits per heavy atom. The van der Waals surface area contributed by atoms with Gasteiger partial charge < -0.3 is 18.5 Å². The number of rotatable bonds is 4. The molecular weight excluding hydrogens is 912 g/mol. The Morgan fingerprint density at radius 2 is 0.827 bits per heavy atom. The molecule has 2 aliphatic carbocycles. The van der Waals surface area contributed by atoms with E-state index in [0.717, 1.165) is 72.6 Å². The number of anilines is 4. The van der Waals surface area contributed by atoms with Crippen LogP contribution in [-0.4, -0.2) is 6.98 Å². The second kappa shape index (κ2) is 14.9. The third kappa shape index (κ3) is 5.51. The first-order valence-corrected chi connectivity index (χ1v) is 26.2. The summed E-state index contributed by atoms with van der Waals surface area (Å²) in [5.74, 6) is 0. The van der Waals surface area contributed by atoms with Gasteiger partial charge in [0.15, 0.2) is 0 Å². The molecule has 0 saturated carbocycles. The van der Waals surface area contributed by atoms with Crippen molar-refractivity contribution in [3.8, 4) is 66.8 Å². The van der Waals surface area contributed by atoms with E-state index in [1.807, 2.05) is 0 Å². The predicted octanol–water partition coefficient (Wildman–Crippen LogP) is 18.0. The summed E-state index contributed by atoms with van der Waals surface area (Å²) in [6.45, 7) is 4.50. The molecule has 2 aromatic heterocycles. The van der Waals surface area contributed by atoms with Gasteiger partial charge in [0.1, 0.15) is 22.3 Å². The Balaban J connectivity index is 0.987. The minimum atomic E-state index is -0.281. The van der Waals surface area contributed by atoms with Gasteiger partial charge in [-0.2, -0.15) is 0 Å². The summed E-state index contributed by atoms with van der Waals surface area (Å²) in [6.07, 6.45) is 0.903. The fraction of sp³-hybridized carbons (Fsp3) is 0.0571. The first-order chi connectivity index (χ1) is 37.0. The van der Waals surface area contributed by atoms with Crippen LogP contribution < -0.4 is 15.1 Å². The molecule has 350 valence electrons. The third-order valence-electron chi connectivity index (χ3n) is 17.3. The van der Waals surface area contributed by atoms with Crippen molar-refractivity contribution >= 4 is 79.1 Å². The number of fused-ring (bicyclic) bond motifs is 16. The van der Waals surface area contributed by atoms with E-state index in [2.05, 4.69) is 248 Å². The van der Waals surface area contributed by atoms with Crippen LogP contribution in [0.25, 0.3) is 111 Å². The molecule has 0 N–H and O–H groups in total. The highest BCUT2D eigenvalue weighted by Gasteiger charge is 2.50. The Kier molecular flexibility index (Phi) is 8.18. The second-order valence-corrected chi connectivity index (χ2v) is 21.4. The first-order valence-electron chi connectivity index (χ1n) is 26.2. The van der Waals surface area contributed by atoms with Crippen molar-refractivity contribution in [3.63, 3.8) is 0 Å². The largest absolute Gasteiger partial charge is 0.456 e. The lowest BCUT2D eigenvalue weighted by Crippen LogP contribution is -2.62. The molecule has 5 heteroatoms. The van der Waals surface area contributed by atoms with Gasteiger partial charge in [0.05, 0.1) is 0 Å². The maximum atomic E-state index is 6.50. The van der Waals surface area contributed by atoms with Crippen molar-refractivity contribution < 1.29 is 8.83 Å². The van der Waals surface area contributed by atoms with Gasteiger partial charge in [0.2, 0.25) is 0 Å². The molecule has 2 aliphatic heterocycles. The van der Waals surface area contributed by atoms with E-state index in [1.54, 1.807) is 0 Å². The van der Waals surface area contributed by atoms with Gasteiger partial charge in [-0.1, -0.05) is 178 Å². The van der Waals surface area contributed by atoms with Crippen molar-refractivity contribution in [3.05, 3.63) is 247 Å². The summed E-state index contributed by atoms with van der Waals surface area (Å²) in [5, 5.41) is 4.53. The van der Waals surface area contributed by atoms with Gasteiger partial charge in [0.25, 0.3) is 0 Å². The van der Waals surface area contributed by atoms with Gasteiger partial charge >= 0.3 is 6.98 Å². The summed E-state index contributed by atoms with van der Waals surface area (Å²) in [7, 11) is 0. The van der Waals surface area contributed by atoms with E-state index < -0.39 is 0 Å². The van der Waals surface area contributed by atoms with Crippen LogP contribution in [0.4, 0.5) is 22.7 Å². The van der Waals surface area contributed by atoms with Gasteiger partial charge in [-0.15, -0.1) is 0 Å². The molecule has 11 aromatic carbocycles. The molecule has 0 amide bonds. The van der Waals surface area contributed by atoms with Gasteiger partial charge in [-0.05, 0) is 139 Å². The lowest BCUT2D eigenvalue weighted by Gasteiger charge is -2.48. The van der Waals surface area contributed by atoms with Crippen LogP contribution in [0.2, 0.25) is 0 Å². The van der Waals surface area contributed by atoms with E-state index in [1.165, 1.54) is 95.0 Å². The average molecular weight is 957 g/mol. The van der Waals surface area contributed by atoms with Gasteiger partial charge in [0, 0.05) is 72.0 Å². The highest BCUT2D eigenvalue weighted by molar-refractivity contribution is 6.86. The molecule has 0 spiro atoms. The van der Waals surface area contributed by atoms with Crippen LogP contribution in [-0.2, 0) is 11.8 Å². The molecular formula is C70H45BN2O2. The maximum Gasteiger partial charge on any atom is 0.421 e. The quantitative estimate of drug-likeness (QED) is 0.165. The SMILES string of the molecule is CC1(C)c2ccccc2-c2c(N3B4c5c(cccc5-c5cc(-c6cccc7oc8ccccc8c67)ccc53)-c3cc(-c5cccc6oc7ccccc7c56)ccc3N4c3cccc4c3-c3ccccc3C4)cccc21. The summed E-state index contributed by atoms with van der Waals surface area (Å²) >= 11 is 0. The Hall–Kier alpha value is -9.32. The molecule has 13 aromatic rings. The van der Waals surface area contributed by atoms with Crippen molar-refractivity contribution in [2.24, 2.45) is 0 Å². The average Bonchev–Trinajstić information content (AvgIpc) is 4.21. The van der Waals surface area contributed by atoms with Crippen molar-refractivity contribution in [1.82, 2.24) is 0 Å². The summed E-state index contributed by atoms with van der Waals surface area (Å²) in [5.41, 5.74) is 29.6. The van der Waals surface area contributed by atoms with Crippen LogP contribution in [0.3, 0.4) is 0 Å². The van der Waals surface area contributed by atoms with Crippen LogP contribution >= 0.6 is 0 Å². The lowest BCUT2D eigenvalue weighted by molar-refractivity contribution is 0.660. The highest BCUT2D eigenvalue weighted by Crippen LogP contribution is 2.58. The number of hydrogen-bond donors (Lipinski definition) is 0. The van der Waals surface area contributed by atoms with E-state index in [9.17, 15) is 0 Å². The maximum absolute atomic E-state index is 6.50. The van der Waals surface area contributed by atoms with Crippen molar-refractivity contribution in [1.29, 1.82) is 0 Å². The van der Waals surface area contributed by atoms with Crippen LogP contribution in [0.1, 0.15) is 36.1 Å². The second-order valence-electron chi connectivity index (χ2n) is 21.4. The standard InChI is InChI=1S/C70H45BN2O2/c1-70(2)55-26-8-5-19-50(55)68-56(70)27-15-29-60(68)73-58-37-35-43(47-23-14-33-64-67(47)52-21-7-10-31-62(52)75-64)40-54(58)49-25-12-24-48-53-39-42(46-22-13-32-63-66(46)51-20-6-9-30-61(51)74-63)34-36-57(53)72(71(73)69(48)49)59-28-11-17-44-38-41-16-3-4-18-45(41)65(44)59/h3-37,39-40H,38H2,1-2H3. The number of hydrogen-bond acceptors (Lipinski definition) is 4. The smallest absolute Gasteiger partial charge is 0.421 e. The number of para-hydroxylation sites is 2. The van der Waals surface area contributed by atoms with E-state index in [4.69, 9.17) is 8.83 Å². The molecule has 0 fully saturated rings. The normalized spacial score (nSPS) is 14.2. The Morgan fingerprint density at radius 3 is 1.48 bits per heavy atom. The molecule has 75 heavy (non-hydrogen) atoms. The molecule has 4 nitrogen and oxygen atoms in total. The molecule has 17 rings (SSSR count). The monoisotopic (exact) mass is 956 g/mol. The Labute approximate surface area is 434 Å². The Bertz CT molecular complexity index is 4640. The fourth-order valence-electron chi connectivity index (χ4n) is 14.1. The van der Waals surface area contributed by atoms with Crippen LogP contribution in [0.15, 0.2) is 233 Å². The van der Waals surface area contributed by atoms with Gasteiger partial charge in [-0.25, -0.2) is 0 Å². The topological polar surface area (TPSA) is 32.8 Å². The number of furan rings is 2. The zero-order valence-electron chi connectivity index (χ0n) is 41.4. The van der Waals surface area contributed by atoms with E-state index in [0.29, 0.717) is 0 Å². The number of benzene rings is 11. The molecule has 4 heterocycles. The molecule has 0 unspecified atom stereocenters. The third-order valence-corrected chi connectivity index (χ3v) is 17.3. The highest BCUT2D eigenvalue weighted by atomic mass is 16.3.